The Morgan fingerprint density at radius 3 is 1.77 bits per heavy atom. The Morgan fingerprint density at radius 2 is 1.32 bits per heavy atom. The zero-order chi connectivity index (χ0) is 47.5. The molecule has 1 unspecified atom stereocenters. The number of aliphatic imine (C=N–C) groups is 1. The molecule has 19 heteroatoms. The van der Waals surface area contributed by atoms with Crippen molar-refractivity contribution >= 4 is 101 Å². The molecular formula is C47H64ClF2N8O4PS3. The number of benzene rings is 4. The first-order chi connectivity index (χ1) is 30.3. The number of nitrogen functional groups attached to an aromatic ring is 1. The Kier molecular flexibility index (Phi) is 26.8. The number of thiazole rings is 1. The molecular weight excluding hydrogens is 941 g/mol. The number of nitrogens with zero attached hydrogens (tertiary/aromatic N) is 4. The molecule has 0 aliphatic carbocycles. The molecule has 0 spiro atoms. The topological polar surface area (TPSA) is 160 Å². The van der Waals surface area contributed by atoms with Gasteiger partial charge in [0.1, 0.15) is 47.0 Å². The molecule has 0 saturated heterocycles. The van der Waals surface area contributed by atoms with Crippen molar-refractivity contribution in [3.63, 3.8) is 0 Å². The number of carbonyl (C=O) groups is 2. The maximum Gasteiger partial charge on any atom is 0.206 e. The molecule has 1 aromatic heterocycles. The second-order valence-electron chi connectivity index (χ2n) is 14.8. The van der Waals surface area contributed by atoms with Crippen molar-refractivity contribution in [1.29, 1.82) is 0 Å². The number of ether oxygens (including phenoxy) is 2. The molecule has 0 bridgehead atoms. The number of hydrogen-bond acceptors (Lipinski definition) is 12. The zero-order valence-electron chi connectivity index (χ0n) is 38.2. The van der Waals surface area contributed by atoms with Gasteiger partial charge in [-0.3, -0.25) is 9.59 Å². The van der Waals surface area contributed by atoms with Gasteiger partial charge in [-0.1, -0.05) is 61.7 Å². The fourth-order valence-electron chi connectivity index (χ4n) is 4.81. The number of hydrogen-bond donors (Lipinski definition) is 4. The number of carbonyl (C=O) groups excluding carboxylic acids is 2. The molecule has 0 fully saturated rings. The molecule has 0 aliphatic rings. The van der Waals surface area contributed by atoms with Crippen LogP contribution in [-0.2, 0) is 0 Å². The normalized spacial score (nSPS) is 11.6. The van der Waals surface area contributed by atoms with Gasteiger partial charge >= 0.3 is 0 Å². The minimum absolute atomic E-state index is 0. The quantitative estimate of drug-likeness (QED) is 0.0185. The SMILES string of the molecule is C.CCSC(N)=NC(=S)Nc1ccc(OC[C@@H](C)N(C)C)cc1.Cc1ccc(C(=O)CCl)cc1F.Cc1ccc(C(=O)c2sc(Nc3ccc(OC[C@@H](C)N(C)C)cc3)nc2N)cc1F.P. The van der Waals surface area contributed by atoms with Gasteiger partial charge in [0.2, 0.25) is 5.78 Å². The summed E-state index contributed by atoms with van der Waals surface area (Å²) < 4.78 is 38.2. The van der Waals surface area contributed by atoms with Crippen LogP contribution in [0.1, 0.15) is 64.9 Å². The smallest absolute Gasteiger partial charge is 0.206 e. The van der Waals surface area contributed by atoms with Crippen molar-refractivity contribution in [2.45, 2.75) is 54.1 Å². The number of amidine groups is 1. The van der Waals surface area contributed by atoms with E-state index in [2.05, 4.69) is 44.3 Å². The van der Waals surface area contributed by atoms with E-state index in [1.807, 2.05) is 83.6 Å². The van der Waals surface area contributed by atoms with Gasteiger partial charge in [0.25, 0.3) is 0 Å². The zero-order valence-corrected chi connectivity index (χ0v) is 42.8. The van der Waals surface area contributed by atoms with Gasteiger partial charge in [-0.05, 0) is 146 Å². The molecule has 4 aromatic carbocycles. The van der Waals surface area contributed by atoms with Crippen LogP contribution in [0.2, 0.25) is 0 Å². The monoisotopic (exact) mass is 1000 g/mol. The summed E-state index contributed by atoms with van der Waals surface area (Å²) in [6, 6.07) is 24.5. The fraction of sp³-hybridized carbons (Fsp3) is 0.340. The summed E-state index contributed by atoms with van der Waals surface area (Å²) in [5.74, 6) is 1.07. The summed E-state index contributed by atoms with van der Waals surface area (Å²) in [5, 5.41) is 7.48. The largest absolute Gasteiger partial charge is 0.492 e. The van der Waals surface area contributed by atoms with Gasteiger partial charge in [-0.15, -0.1) is 11.6 Å². The Morgan fingerprint density at radius 1 is 0.848 bits per heavy atom. The second-order valence-corrected chi connectivity index (χ2v) is 17.7. The van der Waals surface area contributed by atoms with Crippen LogP contribution in [0.25, 0.3) is 0 Å². The predicted octanol–water partition coefficient (Wildman–Crippen LogP) is 10.5. The Balaban J connectivity index is 0.000000532. The maximum atomic E-state index is 13.8. The first kappa shape index (κ1) is 59.3. The van der Waals surface area contributed by atoms with Crippen molar-refractivity contribution in [2.75, 3.05) is 69.4 Å². The van der Waals surface area contributed by atoms with Gasteiger partial charge in [0.05, 0.1) is 5.88 Å². The molecule has 12 nitrogen and oxygen atoms in total. The number of halogens is 3. The molecule has 0 amide bonds. The second kappa shape index (κ2) is 29.8. The molecule has 5 rings (SSSR count). The first-order valence-corrected chi connectivity index (χ1v) is 22.8. The number of thiocarbonyl (C=S) groups is 1. The number of thioether (sulfide) groups is 1. The third-order valence-corrected chi connectivity index (χ3v) is 11.5. The van der Waals surface area contributed by atoms with Crippen LogP contribution in [0.15, 0.2) is 89.9 Å². The van der Waals surface area contributed by atoms with E-state index < -0.39 is 5.82 Å². The Hall–Kier alpha value is -4.74. The highest BCUT2D eigenvalue weighted by molar-refractivity contribution is 8.13. The average Bonchev–Trinajstić information content (AvgIpc) is 3.63. The number of Topliss-reactive ketones (excluding diaryl/α,β-unsaturated/α-hetero) is 1. The Labute approximate surface area is 410 Å². The summed E-state index contributed by atoms with van der Waals surface area (Å²) in [4.78, 5) is 36.5. The number of alkyl halides is 1. The van der Waals surface area contributed by atoms with Crippen LogP contribution in [0.5, 0.6) is 11.5 Å². The lowest BCUT2D eigenvalue weighted by Gasteiger charge is -2.20. The summed E-state index contributed by atoms with van der Waals surface area (Å²) in [5.41, 5.74) is 14.9. The van der Waals surface area contributed by atoms with Gasteiger partial charge in [0.15, 0.2) is 21.2 Å². The molecule has 1 heterocycles. The fourth-order valence-corrected chi connectivity index (χ4v) is 6.56. The van der Waals surface area contributed by atoms with Crippen molar-refractivity contribution in [2.24, 2.45) is 10.7 Å². The molecule has 0 radical (unpaired) electrons. The average molecular weight is 1010 g/mol. The van der Waals surface area contributed by atoms with E-state index in [9.17, 15) is 18.4 Å². The number of nitrogens with two attached hydrogens (primary N) is 2. The third-order valence-electron chi connectivity index (χ3n) is 9.37. The number of nitrogens with one attached hydrogen (secondary N) is 2. The highest BCUT2D eigenvalue weighted by Gasteiger charge is 2.19. The lowest BCUT2D eigenvalue weighted by atomic mass is 10.1. The van der Waals surface area contributed by atoms with E-state index in [0.717, 1.165) is 40.0 Å². The molecule has 3 atom stereocenters. The highest BCUT2D eigenvalue weighted by Crippen LogP contribution is 2.31. The van der Waals surface area contributed by atoms with Gasteiger partial charge in [-0.2, -0.15) is 14.9 Å². The van der Waals surface area contributed by atoms with E-state index >= 15 is 0 Å². The molecule has 6 N–H and O–H groups in total. The number of likely N-dealkylation sites (N-methyl/N-ethyl adjacent to an activating group) is 2. The van der Waals surface area contributed by atoms with E-state index in [4.69, 9.17) is 44.8 Å². The minimum Gasteiger partial charge on any atom is -0.492 e. The van der Waals surface area contributed by atoms with Crippen molar-refractivity contribution in [1.82, 2.24) is 14.8 Å². The summed E-state index contributed by atoms with van der Waals surface area (Å²) in [6.45, 7) is 10.7. The van der Waals surface area contributed by atoms with Crippen LogP contribution in [-0.4, -0.2) is 102 Å². The molecule has 0 saturated carbocycles. The standard InChI is InChI=1S/C22H25FN4O2S.C15H24N4OS2.C9H8ClFO.CH4.H3P/c1-13-5-6-15(11-18(13)23)19(28)20-21(24)26-22(30-20)25-16-7-9-17(10-8-16)29-12-14(2)27(3)4;1-5-22-14(16)18-15(21)17-12-6-8-13(9-7-12)20-10-11(2)19(3)4;1-6-2-3-7(4-8(6)11)9(12)5-10;;/h5-11,14H,12,24H2,1-4H3,(H,25,26);6-9,11H,5,10H2,1-4H3,(H3,16,17,18,21);2-4H,5H2,1H3;1H4;1H3/t14-;11-;;;/m11.../s1. The van der Waals surface area contributed by atoms with Crippen LogP contribution >= 0.6 is 56.8 Å². The van der Waals surface area contributed by atoms with Gasteiger partial charge in [-0.25, -0.2) is 13.8 Å². The summed E-state index contributed by atoms with van der Waals surface area (Å²) in [6.07, 6.45) is 0. The molecule has 0 aliphatic heterocycles. The van der Waals surface area contributed by atoms with Gasteiger partial charge < -0.3 is 41.4 Å². The molecule has 66 heavy (non-hydrogen) atoms. The molecule has 5 aromatic rings. The Bertz CT molecular complexity index is 2340. The van der Waals surface area contributed by atoms with Crippen LogP contribution in [0, 0.1) is 25.5 Å². The molecule has 360 valence electrons. The van der Waals surface area contributed by atoms with E-state index in [1.165, 1.54) is 23.9 Å². The third kappa shape index (κ3) is 20.0. The van der Waals surface area contributed by atoms with Crippen molar-refractivity contribution < 1.29 is 27.8 Å². The van der Waals surface area contributed by atoms with Crippen molar-refractivity contribution in [3.05, 3.63) is 124 Å². The minimum atomic E-state index is -0.426. The lowest BCUT2D eigenvalue weighted by molar-refractivity contribution is 0.101. The van der Waals surface area contributed by atoms with Crippen molar-refractivity contribution in [3.8, 4) is 11.5 Å². The van der Waals surface area contributed by atoms with Crippen LogP contribution < -0.4 is 31.6 Å². The number of aryl methyl sites for hydroxylation is 2. The number of rotatable bonds is 16. The first-order valence-electron chi connectivity index (χ1n) is 20.1. The van der Waals surface area contributed by atoms with Crippen LogP contribution in [0.3, 0.4) is 0 Å². The lowest BCUT2D eigenvalue weighted by Crippen LogP contribution is -2.30. The van der Waals surface area contributed by atoms with Crippen LogP contribution in [0.4, 0.5) is 31.1 Å². The predicted molar refractivity (Wildman–Crippen MR) is 285 cm³/mol. The number of ketones is 2. The number of aromatic nitrogens is 1. The van der Waals surface area contributed by atoms with E-state index in [1.54, 1.807) is 38.1 Å². The summed E-state index contributed by atoms with van der Waals surface area (Å²) >= 11 is 13.0. The van der Waals surface area contributed by atoms with E-state index in [-0.39, 0.29) is 56.8 Å². The van der Waals surface area contributed by atoms with Gasteiger partial charge in [0, 0.05) is 34.6 Å². The number of anilines is 4. The highest BCUT2D eigenvalue weighted by atomic mass is 35.5. The summed E-state index contributed by atoms with van der Waals surface area (Å²) in [7, 11) is 8.08. The maximum absolute atomic E-state index is 13.8. The van der Waals surface area contributed by atoms with E-state index in [0.29, 0.717) is 57.4 Å².